The molecule has 24 heavy (non-hydrogen) atoms. The summed E-state index contributed by atoms with van der Waals surface area (Å²) in [6.07, 6.45) is -0.602. The van der Waals surface area contributed by atoms with Crippen molar-refractivity contribution in [1.29, 1.82) is 0 Å². The summed E-state index contributed by atoms with van der Waals surface area (Å²) in [5.74, 6) is 1.25. The average molecular weight is 333 g/mol. The monoisotopic (exact) mass is 333 g/mol. The number of para-hydroxylation sites is 2. The van der Waals surface area contributed by atoms with E-state index in [0.717, 1.165) is 0 Å². The molecule has 2 aliphatic rings. The molecule has 1 unspecified atom stereocenters. The van der Waals surface area contributed by atoms with Crippen LogP contribution in [0.1, 0.15) is 6.92 Å². The number of likely N-dealkylation sites (N-methyl/N-ethyl adjacent to an activating group) is 1. The Hall–Kier alpha value is -2.28. The van der Waals surface area contributed by atoms with Crippen molar-refractivity contribution in [3.63, 3.8) is 0 Å². The Morgan fingerprint density at radius 1 is 1.17 bits per heavy atom. The summed E-state index contributed by atoms with van der Waals surface area (Å²) in [4.78, 5) is 28.1. The lowest BCUT2D eigenvalue weighted by atomic mass is 10.2. The molecule has 1 aromatic carbocycles. The third-order valence-electron chi connectivity index (χ3n) is 4.21. The summed E-state index contributed by atoms with van der Waals surface area (Å²) >= 11 is 0. The number of nitrogens with one attached hydrogen (secondary N) is 1. The van der Waals surface area contributed by atoms with Gasteiger partial charge in [-0.1, -0.05) is 12.1 Å². The smallest absolute Gasteiger partial charge is 0.267 e. The maximum Gasteiger partial charge on any atom is 0.267 e. The first-order valence-electron chi connectivity index (χ1n) is 8.33. The van der Waals surface area contributed by atoms with Crippen LogP contribution in [0.4, 0.5) is 0 Å². The Balaban J connectivity index is 1.50. The van der Waals surface area contributed by atoms with Gasteiger partial charge in [-0.2, -0.15) is 0 Å². The van der Waals surface area contributed by atoms with E-state index in [1.165, 1.54) is 0 Å². The molecule has 1 fully saturated rings. The summed E-state index contributed by atoms with van der Waals surface area (Å²) in [5, 5.41) is 2.79. The lowest BCUT2D eigenvalue weighted by Gasteiger charge is -2.36. The third-order valence-corrected chi connectivity index (χ3v) is 4.21. The number of carbonyl (C=O) groups is 2. The number of ether oxygens (including phenoxy) is 2. The van der Waals surface area contributed by atoms with E-state index in [9.17, 15) is 9.59 Å². The number of hydrogen-bond acceptors (Lipinski definition) is 5. The summed E-state index contributed by atoms with van der Waals surface area (Å²) in [6, 6.07) is 7.36. The summed E-state index contributed by atoms with van der Waals surface area (Å²) < 4.78 is 11.4. The standard InChI is InChI=1S/C17H23N3O4/c1-2-18-16(21)11-19-7-9-20(10-8-19)17(22)15-12-23-13-5-3-4-6-14(13)24-15/h3-6,15H,2,7-12H2,1H3,(H,18,21). The van der Waals surface area contributed by atoms with Gasteiger partial charge in [0, 0.05) is 32.7 Å². The average Bonchev–Trinajstić information content (AvgIpc) is 2.61. The molecular weight excluding hydrogens is 310 g/mol. The van der Waals surface area contributed by atoms with Crippen molar-refractivity contribution in [2.24, 2.45) is 0 Å². The van der Waals surface area contributed by atoms with Crippen LogP contribution in [0.5, 0.6) is 11.5 Å². The zero-order chi connectivity index (χ0) is 16.9. The maximum atomic E-state index is 12.6. The van der Waals surface area contributed by atoms with E-state index in [-0.39, 0.29) is 18.4 Å². The molecule has 0 saturated carbocycles. The normalized spacial score (nSPS) is 20.5. The van der Waals surface area contributed by atoms with Gasteiger partial charge in [-0.15, -0.1) is 0 Å². The van der Waals surface area contributed by atoms with Gasteiger partial charge in [0.25, 0.3) is 5.91 Å². The molecule has 0 bridgehead atoms. The molecule has 1 saturated heterocycles. The Bertz CT molecular complexity index is 599. The molecule has 3 rings (SSSR count). The summed E-state index contributed by atoms with van der Waals surface area (Å²) in [7, 11) is 0. The summed E-state index contributed by atoms with van der Waals surface area (Å²) in [6.45, 7) is 5.72. The fraction of sp³-hybridized carbons (Fsp3) is 0.529. The van der Waals surface area contributed by atoms with Gasteiger partial charge in [0.15, 0.2) is 11.5 Å². The maximum absolute atomic E-state index is 12.6. The number of piperazine rings is 1. The van der Waals surface area contributed by atoms with Crippen molar-refractivity contribution < 1.29 is 19.1 Å². The molecule has 2 amide bonds. The van der Waals surface area contributed by atoms with Gasteiger partial charge >= 0.3 is 0 Å². The van der Waals surface area contributed by atoms with Crippen molar-refractivity contribution in [2.75, 3.05) is 45.9 Å². The lowest BCUT2D eigenvalue weighted by molar-refractivity contribution is -0.143. The lowest BCUT2D eigenvalue weighted by Crippen LogP contribution is -2.55. The fourth-order valence-electron chi connectivity index (χ4n) is 2.93. The fourth-order valence-corrected chi connectivity index (χ4v) is 2.93. The molecule has 2 aliphatic heterocycles. The first-order chi connectivity index (χ1) is 11.7. The van der Waals surface area contributed by atoms with Crippen LogP contribution in [0.15, 0.2) is 24.3 Å². The minimum atomic E-state index is -0.602. The predicted molar refractivity (Wildman–Crippen MR) is 88.1 cm³/mol. The Morgan fingerprint density at radius 2 is 1.88 bits per heavy atom. The Morgan fingerprint density at radius 3 is 2.58 bits per heavy atom. The van der Waals surface area contributed by atoms with Crippen molar-refractivity contribution in [3.8, 4) is 11.5 Å². The van der Waals surface area contributed by atoms with Crippen molar-refractivity contribution in [1.82, 2.24) is 15.1 Å². The van der Waals surface area contributed by atoms with Gasteiger partial charge in [-0.3, -0.25) is 14.5 Å². The number of fused-ring (bicyclic) bond motifs is 1. The molecule has 0 spiro atoms. The van der Waals surface area contributed by atoms with Crippen molar-refractivity contribution in [3.05, 3.63) is 24.3 Å². The van der Waals surface area contributed by atoms with E-state index in [2.05, 4.69) is 10.2 Å². The molecule has 130 valence electrons. The summed E-state index contributed by atoms with van der Waals surface area (Å²) in [5.41, 5.74) is 0. The van der Waals surface area contributed by atoms with Gasteiger partial charge in [-0.05, 0) is 19.1 Å². The number of rotatable bonds is 4. The SMILES string of the molecule is CCNC(=O)CN1CCN(C(=O)C2COc3ccccc3O2)CC1. The number of nitrogens with zero attached hydrogens (tertiary/aromatic N) is 2. The van der Waals surface area contributed by atoms with Crippen LogP contribution in [0, 0.1) is 0 Å². The van der Waals surface area contributed by atoms with Crippen LogP contribution in [0.3, 0.4) is 0 Å². The quantitative estimate of drug-likeness (QED) is 0.847. The highest BCUT2D eigenvalue weighted by atomic mass is 16.6. The number of carbonyl (C=O) groups excluding carboxylic acids is 2. The molecule has 0 aliphatic carbocycles. The number of hydrogen-bond donors (Lipinski definition) is 1. The van der Waals surface area contributed by atoms with E-state index >= 15 is 0 Å². The van der Waals surface area contributed by atoms with Crippen LogP contribution >= 0.6 is 0 Å². The Kier molecular flexibility index (Phi) is 5.20. The first-order valence-corrected chi connectivity index (χ1v) is 8.33. The third kappa shape index (κ3) is 3.79. The van der Waals surface area contributed by atoms with Gasteiger partial charge in [0.05, 0.1) is 6.54 Å². The van der Waals surface area contributed by atoms with E-state index in [1.54, 1.807) is 11.0 Å². The second-order valence-corrected chi connectivity index (χ2v) is 5.92. The molecule has 2 heterocycles. The van der Waals surface area contributed by atoms with Gasteiger partial charge in [0.1, 0.15) is 6.61 Å². The van der Waals surface area contributed by atoms with Crippen molar-refractivity contribution >= 4 is 11.8 Å². The van der Waals surface area contributed by atoms with Crippen LogP contribution in [-0.2, 0) is 9.59 Å². The van der Waals surface area contributed by atoms with Crippen LogP contribution in [0.25, 0.3) is 0 Å². The van der Waals surface area contributed by atoms with E-state index < -0.39 is 6.10 Å². The molecule has 1 atom stereocenters. The predicted octanol–water partition coefficient (Wildman–Crippen LogP) is 0.107. The van der Waals surface area contributed by atoms with Crippen molar-refractivity contribution in [2.45, 2.75) is 13.0 Å². The first kappa shape index (κ1) is 16.6. The van der Waals surface area contributed by atoms with Gasteiger partial charge in [-0.25, -0.2) is 0 Å². The molecule has 0 aromatic heterocycles. The molecule has 0 radical (unpaired) electrons. The van der Waals surface area contributed by atoms with Gasteiger partial charge in [0.2, 0.25) is 12.0 Å². The van der Waals surface area contributed by atoms with Crippen LogP contribution in [0.2, 0.25) is 0 Å². The number of benzene rings is 1. The highest BCUT2D eigenvalue weighted by Crippen LogP contribution is 2.31. The minimum absolute atomic E-state index is 0.0258. The molecule has 1 N–H and O–H groups in total. The topological polar surface area (TPSA) is 71.1 Å². The second kappa shape index (κ2) is 7.53. The highest BCUT2D eigenvalue weighted by molar-refractivity contribution is 5.82. The van der Waals surface area contributed by atoms with Crippen LogP contribution in [-0.4, -0.2) is 73.6 Å². The van der Waals surface area contributed by atoms with Gasteiger partial charge < -0.3 is 19.7 Å². The Labute approximate surface area is 141 Å². The van der Waals surface area contributed by atoms with Crippen LogP contribution < -0.4 is 14.8 Å². The highest BCUT2D eigenvalue weighted by Gasteiger charge is 2.32. The molecule has 7 heteroatoms. The molecular formula is C17H23N3O4. The minimum Gasteiger partial charge on any atom is -0.485 e. The second-order valence-electron chi connectivity index (χ2n) is 5.92. The molecule has 7 nitrogen and oxygen atoms in total. The van der Waals surface area contributed by atoms with E-state index in [4.69, 9.17) is 9.47 Å². The zero-order valence-corrected chi connectivity index (χ0v) is 13.9. The van der Waals surface area contributed by atoms with E-state index in [0.29, 0.717) is 50.8 Å². The molecule has 1 aromatic rings. The van der Waals surface area contributed by atoms with E-state index in [1.807, 2.05) is 25.1 Å². The zero-order valence-electron chi connectivity index (χ0n) is 13.9. The number of amides is 2. The largest absolute Gasteiger partial charge is 0.485 e.